The molecule has 6 nitrogen and oxygen atoms in total. The summed E-state index contributed by atoms with van der Waals surface area (Å²) in [5.74, 6) is -0.216. The van der Waals surface area contributed by atoms with Gasteiger partial charge in [0, 0.05) is 13.1 Å². The third-order valence-electron chi connectivity index (χ3n) is 4.67. The molecule has 2 fully saturated rings. The maximum atomic E-state index is 13.1. The number of nitrogens with zero attached hydrogens (tertiary/aromatic N) is 2. The summed E-state index contributed by atoms with van der Waals surface area (Å²) in [6, 6.07) is 9.17. The van der Waals surface area contributed by atoms with E-state index in [4.69, 9.17) is 4.74 Å². The second-order valence-corrected chi connectivity index (χ2v) is 6.36. The Bertz CT molecular complexity index is 584. The molecule has 1 unspecified atom stereocenters. The number of morpholine rings is 1. The second kappa shape index (κ2) is 6.29. The smallest absolute Gasteiger partial charge is 0.326 e. The summed E-state index contributed by atoms with van der Waals surface area (Å²) in [6.45, 7) is 6.98. The molecular weight excluding hydrogens is 294 g/mol. The standard InChI is InChI=1S/C17H23N3O3/c1-13(2)17(14-6-4-3-5-7-14)15(21)20(16(22)18-17)12-19-8-10-23-11-9-19/h3-7,13H,8-12H2,1-2H3,(H,18,22). The molecular formula is C17H23N3O3. The predicted octanol–water partition coefficient (Wildman–Crippen LogP) is 1.38. The molecule has 0 aliphatic carbocycles. The highest BCUT2D eigenvalue weighted by Gasteiger charge is 2.54. The summed E-state index contributed by atoms with van der Waals surface area (Å²) in [5, 5.41) is 2.95. The van der Waals surface area contributed by atoms with Crippen LogP contribution in [0, 0.1) is 5.92 Å². The Morgan fingerprint density at radius 3 is 2.43 bits per heavy atom. The molecule has 1 atom stereocenters. The summed E-state index contributed by atoms with van der Waals surface area (Å²) in [7, 11) is 0. The molecule has 124 valence electrons. The molecule has 0 radical (unpaired) electrons. The topological polar surface area (TPSA) is 61.9 Å². The van der Waals surface area contributed by atoms with Gasteiger partial charge in [0.25, 0.3) is 5.91 Å². The van der Waals surface area contributed by atoms with Gasteiger partial charge in [0.1, 0.15) is 5.54 Å². The Hall–Kier alpha value is -1.92. The van der Waals surface area contributed by atoms with Crippen molar-refractivity contribution in [2.75, 3.05) is 33.0 Å². The molecule has 6 heteroatoms. The zero-order chi connectivity index (χ0) is 16.4. The highest BCUT2D eigenvalue weighted by Crippen LogP contribution is 2.36. The molecule has 2 saturated heterocycles. The van der Waals surface area contributed by atoms with Crippen molar-refractivity contribution in [1.29, 1.82) is 0 Å². The second-order valence-electron chi connectivity index (χ2n) is 6.36. The Labute approximate surface area is 136 Å². The van der Waals surface area contributed by atoms with E-state index in [0.717, 1.165) is 18.7 Å². The van der Waals surface area contributed by atoms with Crippen molar-refractivity contribution in [3.8, 4) is 0 Å². The van der Waals surface area contributed by atoms with Crippen LogP contribution in [0.15, 0.2) is 30.3 Å². The number of urea groups is 1. The van der Waals surface area contributed by atoms with Crippen molar-refractivity contribution in [2.45, 2.75) is 19.4 Å². The Balaban J connectivity index is 1.88. The van der Waals surface area contributed by atoms with Crippen LogP contribution < -0.4 is 5.32 Å². The van der Waals surface area contributed by atoms with E-state index in [1.54, 1.807) is 0 Å². The van der Waals surface area contributed by atoms with E-state index in [0.29, 0.717) is 19.9 Å². The van der Waals surface area contributed by atoms with E-state index >= 15 is 0 Å². The average Bonchev–Trinajstić information content (AvgIpc) is 2.82. The Kier molecular flexibility index (Phi) is 4.37. The van der Waals surface area contributed by atoms with E-state index in [2.05, 4.69) is 10.2 Å². The van der Waals surface area contributed by atoms with Gasteiger partial charge in [-0.05, 0) is 11.5 Å². The first-order valence-corrected chi connectivity index (χ1v) is 8.05. The summed E-state index contributed by atoms with van der Waals surface area (Å²) >= 11 is 0. The summed E-state index contributed by atoms with van der Waals surface area (Å²) < 4.78 is 5.32. The number of hydrogen-bond acceptors (Lipinski definition) is 4. The Morgan fingerprint density at radius 1 is 1.17 bits per heavy atom. The van der Waals surface area contributed by atoms with Crippen LogP contribution in [0.5, 0.6) is 0 Å². The normalized spacial score (nSPS) is 26.0. The number of nitrogens with one attached hydrogen (secondary N) is 1. The molecule has 3 amide bonds. The third kappa shape index (κ3) is 2.72. The van der Waals surface area contributed by atoms with Crippen LogP contribution >= 0.6 is 0 Å². The van der Waals surface area contributed by atoms with Crippen molar-refractivity contribution >= 4 is 11.9 Å². The number of benzene rings is 1. The van der Waals surface area contributed by atoms with Gasteiger partial charge in [-0.3, -0.25) is 9.69 Å². The van der Waals surface area contributed by atoms with E-state index in [1.807, 2.05) is 44.2 Å². The monoisotopic (exact) mass is 317 g/mol. The predicted molar refractivity (Wildman–Crippen MR) is 85.6 cm³/mol. The molecule has 0 saturated carbocycles. The zero-order valence-electron chi connectivity index (χ0n) is 13.6. The fourth-order valence-electron chi connectivity index (χ4n) is 3.29. The lowest BCUT2D eigenvalue weighted by molar-refractivity contribution is -0.135. The maximum Gasteiger partial charge on any atom is 0.326 e. The fraction of sp³-hybridized carbons (Fsp3) is 0.529. The highest BCUT2D eigenvalue weighted by molar-refractivity contribution is 6.07. The largest absolute Gasteiger partial charge is 0.379 e. The quantitative estimate of drug-likeness (QED) is 0.852. The fourth-order valence-corrected chi connectivity index (χ4v) is 3.29. The molecule has 1 aromatic rings. The van der Waals surface area contributed by atoms with Crippen molar-refractivity contribution in [1.82, 2.24) is 15.1 Å². The number of carbonyl (C=O) groups is 2. The molecule has 1 N–H and O–H groups in total. The molecule has 0 aromatic heterocycles. The van der Waals surface area contributed by atoms with Gasteiger partial charge in [-0.2, -0.15) is 0 Å². The van der Waals surface area contributed by atoms with Crippen LogP contribution in [0.2, 0.25) is 0 Å². The van der Waals surface area contributed by atoms with Crippen LogP contribution in [-0.4, -0.2) is 54.7 Å². The SMILES string of the molecule is CC(C)C1(c2ccccc2)NC(=O)N(CN2CCOCC2)C1=O. The first kappa shape index (κ1) is 16.0. The van der Waals surface area contributed by atoms with Gasteiger partial charge in [-0.25, -0.2) is 9.69 Å². The van der Waals surface area contributed by atoms with E-state index in [-0.39, 0.29) is 17.9 Å². The summed E-state index contributed by atoms with van der Waals surface area (Å²) in [5.41, 5.74) is -0.150. The first-order valence-electron chi connectivity index (χ1n) is 8.05. The first-order chi connectivity index (χ1) is 11.1. The molecule has 2 heterocycles. The van der Waals surface area contributed by atoms with Gasteiger partial charge in [-0.15, -0.1) is 0 Å². The minimum absolute atomic E-state index is 0.0453. The lowest BCUT2D eigenvalue weighted by Gasteiger charge is -2.33. The van der Waals surface area contributed by atoms with E-state index in [9.17, 15) is 9.59 Å². The van der Waals surface area contributed by atoms with Crippen molar-refractivity contribution < 1.29 is 14.3 Å². The molecule has 0 bridgehead atoms. The summed E-state index contributed by atoms with van der Waals surface area (Å²) in [4.78, 5) is 29.0. The van der Waals surface area contributed by atoms with Gasteiger partial charge < -0.3 is 10.1 Å². The van der Waals surface area contributed by atoms with Crippen LogP contribution in [0.1, 0.15) is 19.4 Å². The average molecular weight is 317 g/mol. The zero-order valence-corrected chi connectivity index (χ0v) is 13.6. The van der Waals surface area contributed by atoms with Crippen molar-refractivity contribution in [2.24, 2.45) is 5.92 Å². The lowest BCUT2D eigenvalue weighted by atomic mass is 9.80. The van der Waals surface area contributed by atoms with Gasteiger partial charge in [0.2, 0.25) is 0 Å². The molecule has 2 aliphatic rings. The molecule has 1 aromatic carbocycles. The molecule has 3 rings (SSSR count). The van der Waals surface area contributed by atoms with E-state index < -0.39 is 5.54 Å². The highest BCUT2D eigenvalue weighted by atomic mass is 16.5. The van der Waals surface area contributed by atoms with Crippen LogP contribution in [0.3, 0.4) is 0 Å². The summed E-state index contributed by atoms with van der Waals surface area (Å²) in [6.07, 6.45) is 0. The van der Waals surface area contributed by atoms with Crippen LogP contribution in [0.25, 0.3) is 0 Å². The molecule has 2 aliphatic heterocycles. The lowest BCUT2D eigenvalue weighted by Crippen LogP contribution is -2.50. The number of amides is 3. The number of rotatable bonds is 4. The minimum Gasteiger partial charge on any atom is -0.379 e. The number of carbonyl (C=O) groups excluding carboxylic acids is 2. The number of imide groups is 1. The molecule has 23 heavy (non-hydrogen) atoms. The van der Waals surface area contributed by atoms with Crippen LogP contribution in [0.4, 0.5) is 4.79 Å². The van der Waals surface area contributed by atoms with Crippen molar-refractivity contribution in [3.63, 3.8) is 0 Å². The molecule has 0 spiro atoms. The number of hydrogen-bond donors (Lipinski definition) is 1. The van der Waals surface area contributed by atoms with Gasteiger partial charge >= 0.3 is 6.03 Å². The third-order valence-corrected chi connectivity index (χ3v) is 4.67. The van der Waals surface area contributed by atoms with E-state index in [1.165, 1.54) is 4.90 Å². The van der Waals surface area contributed by atoms with Gasteiger partial charge in [-0.1, -0.05) is 44.2 Å². The maximum absolute atomic E-state index is 13.1. The van der Waals surface area contributed by atoms with Crippen LogP contribution in [-0.2, 0) is 15.1 Å². The number of ether oxygens (including phenoxy) is 1. The van der Waals surface area contributed by atoms with Gasteiger partial charge in [0.15, 0.2) is 0 Å². The van der Waals surface area contributed by atoms with Crippen molar-refractivity contribution in [3.05, 3.63) is 35.9 Å². The minimum atomic E-state index is -0.982. The van der Waals surface area contributed by atoms with Gasteiger partial charge in [0.05, 0.1) is 19.9 Å². The Morgan fingerprint density at radius 2 is 1.83 bits per heavy atom.